The predicted molar refractivity (Wildman–Crippen MR) is 31.9 cm³/mol. The monoisotopic (exact) mass is 118 g/mol. The molecule has 0 bridgehead atoms. The van der Waals surface area contributed by atoms with Gasteiger partial charge >= 0.3 is 7.48 Å². The highest BCUT2D eigenvalue weighted by Gasteiger charge is 2.04. The Balaban J connectivity index is 3.07. The van der Waals surface area contributed by atoms with E-state index in [2.05, 4.69) is 0 Å². The average molecular weight is 118 g/mol. The molecule has 0 amide bonds. The molecule has 0 fully saturated rings. The molecular formula is C4H11BO3. The number of hydrogen-bond donors (Lipinski definition) is 2. The van der Waals surface area contributed by atoms with Crippen LogP contribution in [-0.2, 0) is 4.74 Å². The first-order valence-electron chi connectivity index (χ1n) is 2.68. The zero-order valence-electron chi connectivity index (χ0n) is 5.00. The highest BCUT2D eigenvalue weighted by molar-refractivity contribution is 6.27. The Hall–Kier alpha value is -0.0551. The Morgan fingerprint density at radius 1 is 1.75 bits per heavy atom. The van der Waals surface area contributed by atoms with Crippen molar-refractivity contribution in [2.45, 2.75) is 12.9 Å². The van der Waals surface area contributed by atoms with Gasteiger partial charge in [0.15, 0.2) is 0 Å². The molecule has 0 saturated heterocycles. The highest BCUT2D eigenvalue weighted by Crippen LogP contribution is 1.84. The summed E-state index contributed by atoms with van der Waals surface area (Å²) >= 11 is 0. The van der Waals surface area contributed by atoms with Gasteiger partial charge in [-0.1, -0.05) is 0 Å². The molecule has 0 rings (SSSR count). The summed E-state index contributed by atoms with van der Waals surface area (Å²) in [6.45, 7) is 2.24. The third-order valence-electron chi connectivity index (χ3n) is 0.810. The first kappa shape index (κ1) is 7.94. The van der Waals surface area contributed by atoms with E-state index in [1.807, 2.05) is 6.92 Å². The van der Waals surface area contributed by atoms with E-state index < -0.39 is 0 Å². The molecule has 1 atom stereocenters. The molecule has 0 aliphatic heterocycles. The molecule has 0 aliphatic rings. The number of aliphatic hydroxyl groups excluding tert-OH is 1. The predicted octanol–water partition coefficient (Wildman–Crippen LogP) is -1.31. The molecule has 4 heteroatoms. The molecule has 0 aromatic rings. The average Bonchev–Trinajstić information content (AvgIpc) is 1.83. The first-order chi connectivity index (χ1) is 3.85. The van der Waals surface area contributed by atoms with Crippen LogP contribution in [0.15, 0.2) is 0 Å². The first-order valence-corrected chi connectivity index (χ1v) is 2.68. The SMILES string of the molecule is CCO[C@@H](BO)CO. The maximum atomic E-state index is 8.37. The van der Waals surface area contributed by atoms with Crippen LogP contribution in [0, 0.1) is 0 Å². The van der Waals surface area contributed by atoms with Crippen molar-refractivity contribution in [3.8, 4) is 0 Å². The largest absolute Gasteiger partial charge is 0.451 e. The molecule has 3 nitrogen and oxygen atoms in total. The van der Waals surface area contributed by atoms with Crippen molar-refractivity contribution in [3.05, 3.63) is 0 Å². The van der Waals surface area contributed by atoms with Gasteiger partial charge in [0.05, 0.1) is 12.6 Å². The second-order valence-corrected chi connectivity index (χ2v) is 1.44. The van der Waals surface area contributed by atoms with E-state index in [9.17, 15) is 0 Å². The minimum atomic E-state index is -0.389. The van der Waals surface area contributed by atoms with E-state index in [1.54, 1.807) is 0 Å². The lowest BCUT2D eigenvalue weighted by Gasteiger charge is -2.07. The Bertz CT molecular complexity index is 46.5. The summed E-state index contributed by atoms with van der Waals surface area (Å²) in [5, 5.41) is 16.7. The van der Waals surface area contributed by atoms with Gasteiger partial charge in [-0.15, -0.1) is 0 Å². The lowest BCUT2D eigenvalue weighted by molar-refractivity contribution is 0.0634. The van der Waals surface area contributed by atoms with E-state index in [-0.39, 0.29) is 20.1 Å². The van der Waals surface area contributed by atoms with Crippen LogP contribution in [0.5, 0.6) is 0 Å². The molecule has 0 spiro atoms. The maximum absolute atomic E-state index is 8.37. The quantitative estimate of drug-likeness (QED) is 0.450. The van der Waals surface area contributed by atoms with Crippen LogP contribution >= 0.6 is 0 Å². The highest BCUT2D eigenvalue weighted by atomic mass is 16.5. The Kier molecular flexibility index (Phi) is 5.05. The second kappa shape index (κ2) is 5.09. The number of aliphatic hydroxyl groups is 1. The maximum Gasteiger partial charge on any atom is 0.303 e. The zero-order valence-corrected chi connectivity index (χ0v) is 5.00. The molecule has 0 radical (unpaired) electrons. The van der Waals surface area contributed by atoms with Crippen LogP contribution in [0.4, 0.5) is 0 Å². The smallest absolute Gasteiger partial charge is 0.303 e. The Morgan fingerprint density at radius 3 is 2.50 bits per heavy atom. The van der Waals surface area contributed by atoms with E-state index in [0.29, 0.717) is 6.61 Å². The molecular weight excluding hydrogens is 107 g/mol. The van der Waals surface area contributed by atoms with Gasteiger partial charge in [-0.05, 0) is 6.92 Å². The molecule has 0 aromatic carbocycles. The van der Waals surface area contributed by atoms with Gasteiger partial charge in [-0.25, -0.2) is 0 Å². The summed E-state index contributed by atoms with van der Waals surface area (Å²) in [5.74, 6) is 0. The van der Waals surface area contributed by atoms with E-state index in [1.165, 1.54) is 0 Å². The molecule has 0 aliphatic carbocycles. The van der Waals surface area contributed by atoms with E-state index >= 15 is 0 Å². The van der Waals surface area contributed by atoms with E-state index in [4.69, 9.17) is 14.9 Å². The lowest BCUT2D eigenvalue weighted by atomic mass is 9.92. The van der Waals surface area contributed by atoms with Crippen molar-refractivity contribution >= 4 is 7.48 Å². The molecule has 0 unspecified atom stereocenters. The van der Waals surface area contributed by atoms with Gasteiger partial charge in [-0.3, -0.25) is 0 Å². The normalized spacial score (nSPS) is 13.4. The summed E-state index contributed by atoms with van der Waals surface area (Å²) in [7, 11) is -0.107. The van der Waals surface area contributed by atoms with Crippen molar-refractivity contribution < 1.29 is 14.9 Å². The lowest BCUT2D eigenvalue weighted by Crippen LogP contribution is -2.24. The van der Waals surface area contributed by atoms with Crippen molar-refractivity contribution in [2.24, 2.45) is 0 Å². The summed E-state index contributed by atoms with van der Waals surface area (Å²) in [5.41, 5.74) is 0. The third kappa shape index (κ3) is 3.01. The minimum Gasteiger partial charge on any atom is -0.451 e. The topological polar surface area (TPSA) is 49.7 Å². The summed E-state index contributed by atoms with van der Waals surface area (Å²) < 4.78 is 4.84. The summed E-state index contributed by atoms with van der Waals surface area (Å²) in [6, 6.07) is -0.389. The fourth-order valence-electron chi connectivity index (χ4n) is 0.399. The molecule has 2 N–H and O–H groups in total. The van der Waals surface area contributed by atoms with Crippen LogP contribution < -0.4 is 0 Å². The molecule has 0 saturated carbocycles. The van der Waals surface area contributed by atoms with Crippen molar-refractivity contribution in [2.75, 3.05) is 13.2 Å². The second-order valence-electron chi connectivity index (χ2n) is 1.44. The molecule has 0 heterocycles. The summed E-state index contributed by atoms with van der Waals surface area (Å²) in [6.07, 6.45) is 0. The van der Waals surface area contributed by atoms with Gasteiger partial charge in [-0.2, -0.15) is 0 Å². The summed E-state index contributed by atoms with van der Waals surface area (Å²) in [4.78, 5) is 0. The Labute approximate surface area is 49.6 Å². The van der Waals surface area contributed by atoms with Crippen LogP contribution in [-0.4, -0.2) is 36.8 Å². The Morgan fingerprint density at radius 2 is 2.38 bits per heavy atom. The number of hydrogen-bond acceptors (Lipinski definition) is 3. The standard InChI is InChI=1S/C4H11BO3/c1-2-8-4(3-6)5-7/h4-7H,2-3H2,1H3/t4-/m1/s1. The molecule has 0 aromatic heterocycles. The minimum absolute atomic E-state index is 0.107. The van der Waals surface area contributed by atoms with Gasteiger partial charge in [0.1, 0.15) is 0 Å². The fourth-order valence-corrected chi connectivity index (χ4v) is 0.399. The van der Waals surface area contributed by atoms with Gasteiger partial charge in [0.2, 0.25) is 0 Å². The molecule has 48 valence electrons. The number of ether oxygens (including phenoxy) is 1. The van der Waals surface area contributed by atoms with Crippen molar-refractivity contribution in [1.82, 2.24) is 0 Å². The fraction of sp³-hybridized carbons (Fsp3) is 1.00. The van der Waals surface area contributed by atoms with Crippen LogP contribution in [0.1, 0.15) is 6.92 Å². The third-order valence-corrected chi connectivity index (χ3v) is 0.810. The van der Waals surface area contributed by atoms with Crippen LogP contribution in [0.2, 0.25) is 0 Å². The van der Waals surface area contributed by atoms with Crippen molar-refractivity contribution in [1.29, 1.82) is 0 Å². The van der Waals surface area contributed by atoms with Gasteiger partial charge < -0.3 is 14.9 Å². The van der Waals surface area contributed by atoms with Crippen LogP contribution in [0.3, 0.4) is 0 Å². The molecule has 8 heavy (non-hydrogen) atoms. The van der Waals surface area contributed by atoms with Crippen molar-refractivity contribution in [3.63, 3.8) is 0 Å². The zero-order chi connectivity index (χ0) is 6.41. The number of rotatable bonds is 4. The van der Waals surface area contributed by atoms with Gasteiger partial charge in [0, 0.05) is 6.61 Å². The van der Waals surface area contributed by atoms with E-state index in [0.717, 1.165) is 0 Å². The van der Waals surface area contributed by atoms with Crippen LogP contribution in [0.25, 0.3) is 0 Å². The van der Waals surface area contributed by atoms with Gasteiger partial charge in [0.25, 0.3) is 0 Å².